The van der Waals surface area contributed by atoms with E-state index in [-0.39, 0.29) is 11.8 Å². The van der Waals surface area contributed by atoms with Crippen molar-refractivity contribution < 1.29 is 18.7 Å². The number of halogens is 1. The summed E-state index contributed by atoms with van der Waals surface area (Å²) < 4.78 is 11.2. The topological polar surface area (TPSA) is 107 Å². The van der Waals surface area contributed by atoms with Crippen molar-refractivity contribution in [1.82, 2.24) is 4.98 Å². The third-order valence-electron chi connectivity index (χ3n) is 5.26. The second kappa shape index (κ2) is 7.87. The van der Waals surface area contributed by atoms with E-state index in [0.717, 1.165) is 16.7 Å². The first-order valence-electron chi connectivity index (χ1n) is 9.36. The molecule has 0 atom stereocenters. The van der Waals surface area contributed by atoms with Gasteiger partial charge in [-0.05, 0) is 71.9 Å². The highest BCUT2D eigenvalue weighted by Crippen LogP contribution is 2.34. The zero-order valence-corrected chi connectivity index (χ0v) is 17.1. The normalized spacial score (nSPS) is 21.6. The van der Waals surface area contributed by atoms with E-state index in [1.807, 2.05) is 36.4 Å². The smallest absolute Gasteiger partial charge is 0.375 e. The molecule has 1 fully saturated rings. The van der Waals surface area contributed by atoms with Crippen LogP contribution in [0.25, 0.3) is 10.9 Å². The Morgan fingerprint density at radius 1 is 1.14 bits per heavy atom. The zero-order chi connectivity index (χ0) is 20.4. The molecule has 8 heteroatoms. The molecule has 2 heterocycles. The number of carbonyl (C=O) groups excluding carboxylic acids is 2. The van der Waals surface area contributed by atoms with E-state index in [1.54, 1.807) is 6.07 Å². The largest absolute Gasteiger partial charge is 0.443 e. The van der Waals surface area contributed by atoms with Crippen LogP contribution in [0, 0.1) is 0 Å². The number of benzene rings is 1. The quantitative estimate of drug-likeness (QED) is 0.560. The van der Waals surface area contributed by atoms with Crippen LogP contribution in [0.5, 0.6) is 0 Å². The molecule has 1 aliphatic carbocycles. The van der Waals surface area contributed by atoms with Gasteiger partial charge in [-0.1, -0.05) is 18.2 Å². The Morgan fingerprint density at radius 2 is 1.90 bits per heavy atom. The monoisotopic (exact) mass is 457 g/mol. The lowest BCUT2D eigenvalue weighted by Crippen LogP contribution is -2.51. The van der Waals surface area contributed by atoms with Crippen molar-refractivity contribution in [2.75, 3.05) is 5.32 Å². The highest BCUT2D eigenvalue weighted by Gasteiger charge is 2.44. The number of fused-ring (bicyclic) bond motifs is 1. The van der Waals surface area contributed by atoms with E-state index in [1.165, 1.54) is 6.07 Å². The third-order valence-corrected chi connectivity index (χ3v) is 5.68. The van der Waals surface area contributed by atoms with Crippen LogP contribution < -0.4 is 11.1 Å². The number of rotatable bonds is 5. The fourth-order valence-electron chi connectivity index (χ4n) is 3.63. The summed E-state index contributed by atoms with van der Waals surface area (Å²) >= 11 is 3.14. The highest BCUT2D eigenvalue weighted by molar-refractivity contribution is 9.10. The first-order valence-corrected chi connectivity index (χ1v) is 10.2. The SMILES string of the molecule is NC(=O)C1(OC(=O)c2ccc(Br)o2)CCC(Nc2ccc3ccccc3n2)CC1. The molecule has 29 heavy (non-hydrogen) atoms. The fourth-order valence-corrected chi connectivity index (χ4v) is 3.94. The summed E-state index contributed by atoms with van der Waals surface area (Å²) in [4.78, 5) is 29.1. The Kier molecular flexibility index (Phi) is 5.27. The lowest BCUT2D eigenvalue weighted by atomic mass is 9.81. The maximum Gasteiger partial charge on any atom is 0.375 e. The standard InChI is InChI=1S/C21H20BrN3O4/c22-17-7-6-16(28-17)19(26)29-21(20(23)27)11-9-14(10-12-21)24-18-8-5-13-3-1-2-4-15(13)25-18/h1-8,14H,9-12H2,(H2,23,27)(H,24,25). The van der Waals surface area contributed by atoms with Gasteiger partial charge in [0.15, 0.2) is 10.3 Å². The van der Waals surface area contributed by atoms with Crippen LogP contribution in [0.1, 0.15) is 36.2 Å². The van der Waals surface area contributed by atoms with Crippen molar-refractivity contribution in [2.45, 2.75) is 37.3 Å². The number of primary amides is 1. The molecule has 0 saturated heterocycles. The molecule has 0 aliphatic heterocycles. The minimum atomic E-state index is -1.33. The molecule has 0 unspecified atom stereocenters. The number of nitrogens with zero attached hydrogens (tertiary/aromatic N) is 1. The number of pyridine rings is 1. The maximum atomic E-state index is 12.4. The number of nitrogens with two attached hydrogens (primary N) is 1. The summed E-state index contributed by atoms with van der Waals surface area (Å²) in [6.45, 7) is 0. The van der Waals surface area contributed by atoms with Crippen LogP contribution >= 0.6 is 15.9 Å². The Balaban J connectivity index is 1.42. The number of amides is 1. The summed E-state index contributed by atoms with van der Waals surface area (Å²) in [5, 5.41) is 4.48. The van der Waals surface area contributed by atoms with E-state index >= 15 is 0 Å². The van der Waals surface area contributed by atoms with E-state index in [0.29, 0.717) is 30.4 Å². The zero-order valence-electron chi connectivity index (χ0n) is 15.6. The van der Waals surface area contributed by atoms with E-state index in [9.17, 15) is 9.59 Å². The molecule has 0 spiro atoms. The fraction of sp³-hybridized carbons (Fsp3) is 0.286. The van der Waals surface area contributed by atoms with Gasteiger partial charge in [0.25, 0.3) is 5.91 Å². The average molecular weight is 458 g/mol. The van der Waals surface area contributed by atoms with E-state index < -0.39 is 17.5 Å². The van der Waals surface area contributed by atoms with Crippen LogP contribution in [0.3, 0.4) is 0 Å². The average Bonchev–Trinajstić information content (AvgIpc) is 3.16. The molecule has 1 saturated carbocycles. The van der Waals surface area contributed by atoms with Crippen molar-refractivity contribution in [2.24, 2.45) is 5.73 Å². The second-order valence-electron chi connectivity index (χ2n) is 7.16. The Hall–Kier alpha value is -2.87. The molecule has 150 valence electrons. The number of furan rings is 1. The number of anilines is 1. The summed E-state index contributed by atoms with van der Waals surface area (Å²) in [6.07, 6.45) is 1.90. The van der Waals surface area contributed by atoms with E-state index in [4.69, 9.17) is 14.9 Å². The van der Waals surface area contributed by atoms with Crippen molar-refractivity contribution in [3.63, 3.8) is 0 Å². The van der Waals surface area contributed by atoms with Crippen LogP contribution in [0.15, 0.2) is 57.6 Å². The number of nitrogens with one attached hydrogen (secondary N) is 1. The predicted molar refractivity (Wildman–Crippen MR) is 111 cm³/mol. The first-order chi connectivity index (χ1) is 13.9. The van der Waals surface area contributed by atoms with Gasteiger partial charge in [-0.3, -0.25) is 4.79 Å². The number of aromatic nitrogens is 1. The maximum absolute atomic E-state index is 12.4. The van der Waals surface area contributed by atoms with Gasteiger partial charge in [-0.25, -0.2) is 9.78 Å². The van der Waals surface area contributed by atoms with Crippen LogP contribution in [-0.2, 0) is 9.53 Å². The van der Waals surface area contributed by atoms with Gasteiger partial charge in [0.2, 0.25) is 5.76 Å². The number of ether oxygens (including phenoxy) is 1. The van der Waals surface area contributed by atoms with Crippen LogP contribution in [-0.4, -0.2) is 28.5 Å². The first kappa shape index (κ1) is 19.4. The van der Waals surface area contributed by atoms with Crippen LogP contribution in [0.2, 0.25) is 0 Å². The van der Waals surface area contributed by atoms with Gasteiger partial charge in [-0.15, -0.1) is 0 Å². The summed E-state index contributed by atoms with van der Waals surface area (Å²) in [5.41, 5.74) is 5.19. The predicted octanol–water partition coefficient (Wildman–Crippen LogP) is 4.03. The minimum absolute atomic E-state index is 0.0260. The highest BCUT2D eigenvalue weighted by atomic mass is 79.9. The molecule has 2 aromatic heterocycles. The van der Waals surface area contributed by atoms with Crippen LogP contribution in [0.4, 0.5) is 5.82 Å². The van der Waals surface area contributed by atoms with Crippen molar-refractivity contribution in [3.8, 4) is 0 Å². The number of hydrogen-bond donors (Lipinski definition) is 2. The molecule has 0 bridgehead atoms. The lowest BCUT2D eigenvalue weighted by molar-refractivity contribution is -0.141. The minimum Gasteiger partial charge on any atom is -0.443 e. The summed E-state index contributed by atoms with van der Waals surface area (Å²) in [6, 6.07) is 15.0. The van der Waals surface area contributed by atoms with Gasteiger partial charge in [-0.2, -0.15) is 0 Å². The number of hydrogen-bond acceptors (Lipinski definition) is 6. The summed E-state index contributed by atoms with van der Waals surface area (Å²) in [5.74, 6) is -0.535. The van der Waals surface area contributed by atoms with Gasteiger partial charge in [0, 0.05) is 11.4 Å². The van der Waals surface area contributed by atoms with Gasteiger partial charge in [0.1, 0.15) is 5.82 Å². The number of carbonyl (C=O) groups is 2. The molecule has 4 rings (SSSR count). The van der Waals surface area contributed by atoms with Crippen molar-refractivity contribution in [1.29, 1.82) is 0 Å². The second-order valence-corrected chi connectivity index (χ2v) is 7.94. The molecule has 1 amide bonds. The Labute approximate surface area is 175 Å². The molecular weight excluding hydrogens is 438 g/mol. The molecule has 3 N–H and O–H groups in total. The van der Waals surface area contributed by atoms with Gasteiger partial charge < -0.3 is 20.2 Å². The molecule has 1 aliphatic rings. The molecular formula is C21H20BrN3O4. The number of esters is 1. The van der Waals surface area contributed by atoms with E-state index in [2.05, 4.69) is 26.2 Å². The molecule has 1 aromatic carbocycles. The Morgan fingerprint density at radius 3 is 2.59 bits per heavy atom. The van der Waals surface area contributed by atoms with Gasteiger partial charge in [0.05, 0.1) is 5.52 Å². The molecule has 3 aromatic rings. The molecule has 0 radical (unpaired) electrons. The Bertz CT molecular complexity index is 1060. The summed E-state index contributed by atoms with van der Waals surface area (Å²) in [7, 11) is 0. The van der Waals surface area contributed by atoms with Crippen molar-refractivity contribution >= 4 is 44.5 Å². The molecule has 7 nitrogen and oxygen atoms in total. The third kappa shape index (κ3) is 4.12. The van der Waals surface area contributed by atoms with Crippen molar-refractivity contribution in [3.05, 3.63) is 59.0 Å². The lowest BCUT2D eigenvalue weighted by Gasteiger charge is -2.37. The van der Waals surface area contributed by atoms with Gasteiger partial charge >= 0.3 is 5.97 Å². The number of para-hydroxylation sites is 1.